The second-order valence-electron chi connectivity index (χ2n) is 3.94. The van der Waals surface area contributed by atoms with Gasteiger partial charge >= 0.3 is 0 Å². The molecule has 3 nitrogen and oxygen atoms in total. The first-order chi connectivity index (χ1) is 9.69. The first-order valence-corrected chi connectivity index (χ1v) is 6.82. The van der Waals surface area contributed by atoms with Crippen molar-refractivity contribution in [2.24, 2.45) is 0 Å². The molecule has 0 aliphatic rings. The standard InChI is InChI=1S/C15H12FNO2S/c16-12-4-3-5-13(9-12)17-15(19)11-8-14(20-10-11)6-1-2-7-18/h3-5,8-10,18H,2,7H2,(H,17,19). The Morgan fingerprint density at radius 2 is 2.25 bits per heavy atom. The van der Waals surface area contributed by atoms with Gasteiger partial charge in [-0.3, -0.25) is 4.79 Å². The fourth-order valence-corrected chi connectivity index (χ4v) is 2.25. The zero-order valence-electron chi connectivity index (χ0n) is 10.5. The van der Waals surface area contributed by atoms with Crippen LogP contribution in [0.15, 0.2) is 35.7 Å². The van der Waals surface area contributed by atoms with Crippen molar-refractivity contribution in [2.75, 3.05) is 11.9 Å². The summed E-state index contributed by atoms with van der Waals surface area (Å²) >= 11 is 1.35. The summed E-state index contributed by atoms with van der Waals surface area (Å²) in [6.45, 7) is 0.0191. The van der Waals surface area contributed by atoms with Crippen LogP contribution in [-0.4, -0.2) is 17.6 Å². The molecule has 0 aliphatic carbocycles. The summed E-state index contributed by atoms with van der Waals surface area (Å²) in [5, 5.41) is 12.9. The van der Waals surface area contributed by atoms with Gasteiger partial charge in [-0.15, -0.1) is 11.3 Å². The van der Waals surface area contributed by atoms with Crippen molar-refractivity contribution in [1.29, 1.82) is 0 Å². The summed E-state index contributed by atoms with van der Waals surface area (Å²) in [7, 11) is 0. The molecule has 0 fully saturated rings. The van der Waals surface area contributed by atoms with E-state index in [2.05, 4.69) is 17.2 Å². The van der Waals surface area contributed by atoms with E-state index in [9.17, 15) is 9.18 Å². The van der Waals surface area contributed by atoms with Gasteiger partial charge in [-0.05, 0) is 24.3 Å². The van der Waals surface area contributed by atoms with Crippen molar-refractivity contribution in [1.82, 2.24) is 0 Å². The lowest BCUT2D eigenvalue weighted by Crippen LogP contribution is -2.10. The lowest BCUT2D eigenvalue weighted by Gasteiger charge is -2.02. The van der Waals surface area contributed by atoms with Crippen molar-refractivity contribution in [2.45, 2.75) is 6.42 Å². The zero-order valence-corrected chi connectivity index (χ0v) is 11.3. The second-order valence-corrected chi connectivity index (χ2v) is 4.85. The number of hydrogen-bond donors (Lipinski definition) is 2. The molecule has 1 amide bonds. The number of carbonyl (C=O) groups is 1. The topological polar surface area (TPSA) is 49.3 Å². The van der Waals surface area contributed by atoms with E-state index in [1.165, 1.54) is 29.5 Å². The molecule has 0 spiro atoms. The van der Waals surface area contributed by atoms with Gasteiger partial charge in [0, 0.05) is 17.5 Å². The molecule has 1 aromatic carbocycles. The Morgan fingerprint density at radius 3 is 3.00 bits per heavy atom. The Labute approximate surface area is 120 Å². The van der Waals surface area contributed by atoms with Gasteiger partial charge in [-0.2, -0.15) is 0 Å². The van der Waals surface area contributed by atoms with E-state index in [1.807, 2.05) is 0 Å². The minimum atomic E-state index is -0.399. The third kappa shape index (κ3) is 3.92. The van der Waals surface area contributed by atoms with Crippen LogP contribution >= 0.6 is 11.3 Å². The van der Waals surface area contributed by atoms with Gasteiger partial charge < -0.3 is 10.4 Å². The van der Waals surface area contributed by atoms with Gasteiger partial charge in [0.2, 0.25) is 0 Å². The van der Waals surface area contributed by atoms with Gasteiger partial charge in [0.15, 0.2) is 0 Å². The molecule has 1 heterocycles. The Kier molecular flexibility index (Phi) is 4.88. The molecular weight excluding hydrogens is 277 g/mol. The molecule has 0 saturated heterocycles. The Bertz CT molecular complexity index is 670. The Hall–Kier alpha value is -2.16. The molecule has 0 bridgehead atoms. The van der Waals surface area contributed by atoms with Crippen LogP contribution in [0.4, 0.5) is 10.1 Å². The molecule has 0 unspecified atom stereocenters. The van der Waals surface area contributed by atoms with E-state index >= 15 is 0 Å². The van der Waals surface area contributed by atoms with Gasteiger partial charge in [-0.25, -0.2) is 4.39 Å². The van der Waals surface area contributed by atoms with E-state index < -0.39 is 5.82 Å². The van der Waals surface area contributed by atoms with E-state index in [1.54, 1.807) is 17.5 Å². The van der Waals surface area contributed by atoms with Gasteiger partial charge in [-0.1, -0.05) is 17.9 Å². The number of carbonyl (C=O) groups excluding carboxylic acids is 1. The number of halogens is 1. The highest BCUT2D eigenvalue weighted by molar-refractivity contribution is 7.10. The van der Waals surface area contributed by atoms with Crippen LogP contribution in [0.2, 0.25) is 0 Å². The van der Waals surface area contributed by atoms with Crippen molar-refractivity contribution in [3.63, 3.8) is 0 Å². The van der Waals surface area contributed by atoms with Crippen LogP contribution in [0.3, 0.4) is 0 Å². The van der Waals surface area contributed by atoms with E-state index in [0.29, 0.717) is 17.7 Å². The Morgan fingerprint density at radius 1 is 1.40 bits per heavy atom. The molecule has 1 aromatic heterocycles. The SMILES string of the molecule is O=C(Nc1cccc(F)c1)c1csc(C#CCCO)c1. The number of nitrogens with one attached hydrogen (secondary N) is 1. The van der Waals surface area contributed by atoms with Crippen LogP contribution in [-0.2, 0) is 0 Å². The minimum Gasteiger partial charge on any atom is -0.395 e. The fraction of sp³-hybridized carbons (Fsp3) is 0.133. The van der Waals surface area contributed by atoms with Crippen molar-refractivity contribution in [3.05, 3.63) is 52.0 Å². The number of anilines is 1. The lowest BCUT2D eigenvalue weighted by atomic mass is 10.2. The molecule has 2 aromatic rings. The van der Waals surface area contributed by atoms with E-state index in [-0.39, 0.29) is 12.5 Å². The van der Waals surface area contributed by atoms with Crippen LogP contribution in [0.1, 0.15) is 21.7 Å². The average Bonchev–Trinajstić information content (AvgIpc) is 2.88. The third-order valence-corrected chi connectivity index (χ3v) is 3.24. The predicted molar refractivity (Wildman–Crippen MR) is 77.3 cm³/mol. The predicted octanol–water partition coefficient (Wildman–Crippen LogP) is 2.87. The normalized spacial score (nSPS) is 9.70. The van der Waals surface area contributed by atoms with E-state index in [0.717, 1.165) is 4.88 Å². The molecule has 102 valence electrons. The Balaban J connectivity index is 2.05. The third-order valence-electron chi connectivity index (χ3n) is 2.39. The number of thiophene rings is 1. The molecular formula is C15H12FNO2S. The number of hydrogen-bond acceptors (Lipinski definition) is 3. The van der Waals surface area contributed by atoms with Crippen LogP contribution < -0.4 is 5.32 Å². The number of aliphatic hydroxyl groups excluding tert-OH is 1. The second kappa shape index (κ2) is 6.85. The maximum Gasteiger partial charge on any atom is 0.256 e. The lowest BCUT2D eigenvalue weighted by molar-refractivity contribution is 0.102. The van der Waals surface area contributed by atoms with Crippen molar-refractivity contribution in [3.8, 4) is 11.8 Å². The molecule has 0 saturated carbocycles. The minimum absolute atomic E-state index is 0.0191. The van der Waals surface area contributed by atoms with Gasteiger partial charge in [0.05, 0.1) is 17.0 Å². The van der Waals surface area contributed by atoms with Crippen LogP contribution in [0.5, 0.6) is 0 Å². The summed E-state index contributed by atoms with van der Waals surface area (Å²) in [5.74, 6) is 4.95. The summed E-state index contributed by atoms with van der Waals surface area (Å²) in [5.41, 5.74) is 0.890. The summed E-state index contributed by atoms with van der Waals surface area (Å²) < 4.78 is 13.0. The van der Waals surface area contributed by atoms with Gasteiger partial charge in [0.1, 0.15) is 5.82 Å². The maximum atomic E-state index is 13.0. The average molecular weight is 289 g/mol. The molecule has 2 N–H and O–H groups in total. The first-order valence-electron chi connectivity index (χ1n) is 5.94. The number of benzene rings is 1. The summed E-state index contributed by atoms with van der Waals surface area (Å²) in [6.07, 6.45) is 0.405. The quantitative estimate of drug-likeness (QED) is 0.854. The monoisotopic (exact) mass is 289 g/mol. The highest BCUT2D eigenvalue weighted by atomic mass is 32.1. The fourth-order valence-electron chi connectivity index (χ4n) is 1.50. The first kappa shape index (κ1) is 14.3. The highest BCUT2D eigenvalue weighted by Gasteiger charge is 2.08. The van der Waals surface area contributed by atoms with Crippen LogP contribution in [0, 0.1) is 17.7 Å². The number of amides is 1. The highest BCUT2D eigenvalue weighted by Crippen LogP contribution is 2.16. The van der Waals surface area contributed by atoms with Crippen molar-refractivity contribution < 1.29 is 14.3 Å². The molecule has 0 atom stereocenters. The molecule has 2 rings (SSSR count). The number of aliphatic hydroxyl groups is 1. The summed E-state index contributed by atoms with van der Waals surface area (Å²) in [6, 6.07) is 7.39. The molecule has 0 aliphatic heterocycles. The molecule has 20 heavy (non-hydrogen) atoms. The zero-order chi connectivity index (χ0) is 14.4. The van der Waals surface area contributed by atoms with E-state index in [4.69, 9.17) is 5.11 Å². The smallest absolute Gasteiger partial charge is 0.256 e. The van der Waals surface area contributed by atoms with Crippen molar-refractivity contribution >= 4 is 22.9 Å². The maximum absolute atomic E-state index is 13.0. The largest absolute Gasteiger partial charge is 0.395 e. The summed E-state index contributed by atoms with van der Waals surface area (Å²) in [4.78, 5) is 12.7. The van der Waals surface area contributed by atoms with Crippen LogP contribution in [0.25, 0.3) is 0 Å². The van der Waals surface area contributed by atoms with Gasteiger partial charge in [0.25, 0.3) is 5.91 Å². The number of rotatable bonds is 3. The molecule has 0 radical (unpaired) electrons. The molecule has 5 heteroatoms.